The lowest BCUT2D eigenvalue weighted by Gasteiger charge is -2.18. The van der Waals surface area contributed by atoms with Gasteiger partial charge in [-0.2, -0.15) is 0 Å². The first-order valence-corrected chi connectivity index (χ1v) is 29.5. The van der Waals surface area contributed by atoms with Crippen molar-refractivity contribution < 1.29 is 28.6 Å². The molecule has 0 rings (SSSR count). The molecule has 6 heteroatoms. The number of carbonyl (C=O) groups is 3. The Morgan fingerprint density at radius 1 is 0.246 bits per heavy atom. The zero-order valence-corrected chi connectivity index (χ0v) is 44.3. The van der Waals surface area contributed by atoms with Crippen molar-refractivity contribution in [2.45, 2.75) is 348 Å². The molecule has 386 valence electrons. The van der Waals surface area contributed by atoms with Gasteiger partial charge < -0.3 is 14.2 Å². The molecule has 0 aromatic carbocycles. The van der Waals surface area contributed by atoms with Crippen LogP contribution in [0.2, 0.25) is 0 Å². The maximum Gasteiger partial charge on any atom is 0.306 e. The minimum atomic E-state index is -0.761. The van der Waals surface area contributed by atoms with Crippen molar-refractivity contribution in [1.82, 2.24) is 0 Å². The van der Waals surface area contributed by atoms with Gasteiger partial charge in [-0.25, -0.2) is 0 Å². The van der Waals surface area contributed by atoms with E-state index in [4.69, 9.17) is 14.2 Å². The summed E-state index contributed by atoms with van der Waals surface area (Å²) in [5.41, 5.74) is 0. The van der Waals surface area contributed by atoms with Gasteiger partial charge in [0.15, 0.2) is 6.10 Å². The molecule has 0 saturated heterocycles. The molecule has 0 saturated carbocycles. The Morgan fingerprint density at radius 3 is 0.615 bits per heavy atom. The highest BCUT2D eigenvalue weighted by Crippen LogP contribution is 2.18. The van der Waals surface area contributed by atoms with E-state index >= 15 is 0 Å². The number of carbonyl (C=O) groups excluding carboxylic acids is 3. The molecule has 0 bridgehead atoms. The van der Waals surface area contributed by atoms with E-state index in [0.717, 1.165) is 57.8 Å². The van der Waals surface area contributed by atoms with Crippen LogP contribution in [0.4, 0.5) is 0 Å². The number of hydrogen-bond donors (Lipinski definition) is 0. The SMILES string of the molecule is CCCCCCCCCCCCCCCCCCCCCC(=O)OC[C@@H](COC(=O)CCCCCCCCCCCCC)OC(=O)CCCCCCCCCCCCCCCCCCC. The molecule has 0 aromatic rings. The normalized spacial score (nSPS) is 11.9. The average molecular weight is 920 g/mol. The van der Waals surface area contributed by atoms with Crippen LogP contribution in [0.5, 0.6) is 0 Å². The smallest absolute Gasteiger partial charge is 0.306 e. The summed E-state index contributed by atoms with van der Waals surface area (Å²) in [6.45, 7) is 6.70. The summed E-state index contributed by atoms with van der Waals surface area (Å²) in [4.78, 5) is 38.1. The van der Waals surface area contributed by atoms with E-state index in [9.17, 15) is 14.4 Å². The van der Waals surface area contributed by atoms with E-state index in [-0.39, 0.29) is 31.1 Å². The van der Waals surface area contributed by atoms with Gasteiger partial charge in [0.05, 0.1) is 0 Å². The fourth-order valence-corrected chi connectivity index (χ4v) is 9.15. The molecule has 0 aliphatic carbocycles. The first kappa shape index (κ1) is 63.4. The van der Waals surface area contributed by atoms with Gasteiger partial charge in [0.25, 0.3) is 0 Å². The molecular weight excluding hydrogens is 805 g/mol. The van der Waals surface area contributed by atoms with Crippen LogP contribution in [-0.4, -0.2) is 37.2 Å². The van der Waals surface area contributed by atoms with Crippen molar-refractivity contribution in [2.75, 3.05) is 13.2 Å². The van der Waals surface area contributed by atoms with Crippen LogP contribution >= 0.6 is 0 Å². The maximum absolute atomic E-state index is 12.8. The molecule has 0 amide bonds. The van der Waals surface area contributed by atoms with Crippen molar-refractivity contribution in [3.8, 4) is 0 Å². The summed E-state index contributed by atoms with van der Waals surface area (Å²) in [5.74, 6) is -0.832. The van der Waals surface area contributed by atoms with Gasteiger partial charge in [-0.05, 0) is 19.3 Å². The summed E-state index contributed by atoms with van der Waals surface area (Å²) in [7, 11) is 0. The zero-order chi connectivity index (χ0) is 47.2. The third kappa shape index (κ3) is 53.2. The Labute approximate surface area is 406 Å². The highest BCUT2D eigenvalue weighted by Gasteiger charge is 2.19. The van der Waals surface area contributed by atoms with Crippen molar-refractivity contribution in [3.05, 3.63) is 0 Å². The predicted octanol–water partition coefficient (Wildman–Crippen LogP) is 19.5. The standard InChI is InChI=1S/C59H114O6/c1-4-7-10-13-16-19-22-24-26-28-29-31-32-34-37-40-43-46-49-52-58(61)64-55-56(54-63-57(60)51-48-45-42-39-36-21-18-15-12-9-6-3)65-59(62)53-50-47-44-41-38-35-33-30-27-25-23-20-17-14-11-8-5-2/h56H,4-55H2,1-3H3/t56-/m1/s1. The van der Waals surface area contributed by atoms with Crippen LogP contribution in [0.15, 0.2) is 0 Å². The predicted molar refractivity (Wildman–Crippen MR) is 280 cm³/mol. The van der Waals surface area contributed by atoms with E-state index < -0.39 is 6.10 Å². The van der Waals surface area contributed by atoms with Gasteiger partial charge in [0.1, 0.15) is 13.2 Å². The average Bonchev–Trinajstić information content (AvgIpc) is 3.30. The summed E-state index contributed by atoms with van der Waals surface area (Å²) in [5, 5.41) is 0. The molecule has 6 nitrogen and oxygen atoms in total. The lowest BCUT2D eigenvalue weighted by molar-refractivity contribution is -0.167. The number of ether oxygens (including phenoxy) is 3. The van der Waals surface area contributed by atoms with Crippen LogP contribution in [0, 0.1) is 0 Å². The third-order valence-corrected chi connectivity index (χ3v) is 13.6. The molecule has 0 N–H and O–H groups in total. The molecule has 0 aliphatic heterocycles. The van der Waals surface area contributed by atoms with Crippen LogP contribution in [0.3, 0.4) is 0 Å². The number of rotatable bonds is 55. The van der Waals surface area contributed by atoms with Crippen LogP contribution < -0.4 is 0 Å². The lowest BCUT2D eigenvalue weighted by Crippen LogP contribution is -2.30. The Bertz CT molecular complexity index is 967. The first-order chi connectivity index (χ1) is 32.0. The highest BCUT2D eigenvalue weighted by atomic mass is 16.6. The van der Waals surface area contributed by atoms with E-state index in [1.807, 2.05) is 0 Å². The topological polar surface area (TPSA) is 78.9 Å². The highest BCUT2D eigenvalue weighted by molar-refractivity contribution is 5.71. The van der Waals surface area contributed by atoms with Crippen LogP contribution in [-0.2, 0) is 28.6 Å². The van der Waals surface area contributed by atoms with Gasteiger partial charge in [0.2, 0.25) is 0 Å². The third-order valence-electron chi connectivity index (χ3n) is 13.6. The van der Waals surface area contributed by atoms with Gasteiger partial charge in [-0.15, -0.1) is 0 Å². The van der Waals surface area contributed by atoms with Gasteiger partial charge >= 0.3 is 17.9 Å². The fraction of sp³-hybridized carbons (Fsp3) is 0.949. The summed E-state index contributed by atoms with van der Waals surface area (Å²) in [6, 6.07) is 0. The molecule has 0 heterocycles. The second-order valence-electron chi connectivity index (χ2n) is 20.3. The second-order valence-corrected chi connectivity index (χ2v) is 20.3. The molecule has 65 heavy (non-hydrogen) atoms. The second kappa shape index (κ2) is 55.0. The molecule has 0 fully saturated rings. The minimum Gasteiger partial charge on any atom is -0.462 e. The zero-order valence-electron chi connectivity index (χ0n) is 44.3. The van der Waals surface area contributed by atoms with E-state index in [1.165, 1.54) is 244 Å². The molecule has 0 unspecified atom stereocenters. The van der Waals surface area contributed by atoms with Crippen molar-refractivity contribution in [2.24, 2.45) is 0 Å². The number of hydrogen-bond acceptors (Lipinski definition) is 6. The van der Waals surface area contributed by atoms with Crippen molar-refractivity contribution in [1.29, 1.82) is 0 Å². The van der Waals surface area contributed by atoms with Gasteiger partial charge in [-0.3, -0.25) is 14.4 Å². The van der Waals surface area contributed by atoms with Crippen molar-refractivity contribution >= 4 is 17.9 Å². The Balaban J connectivity index is 4.24. The molecular formula is C59H114O6. The van der Waals surface area contributed by atoms with Crippen LogP contribution in [0.1, 0.15) is 342 Å². The molecule has 0 spiro atoms. The van der Waals surface area contributed by atoms with Crippen LogP contribution in [0.25, 0.3) is 0 Å². The van der Waals surface area contributed by atoms with Gasteiger partial charge in [-0.1, -0.05) is 303 Å². The Kier molecular flexibility index (Phi) is 53.7. The van der Waals surface area contributed by atoms with E-state index in [2.05, 4.69) is 20.8 Å². The fourth-order valence-electron chi connectivity index (χ4n) is 9.15. The van der Waals surface area contributed by atoms with E-state index in [1.54, 1.807) is 0 Å². The first-order valence-electron chi connectivity index (χ1n) is 29.5. The Hall–Kier alpha value is -1.59. The van der Waals surface area contributed by atoms with Gasteiger partial charge in [0, 0.05) is 19.3 Å². The lowest BCUT2D eigenvalue weighted by atomic mass is 10.0. The summed E-state index contributed by atoms with van der Waals surface area (Å²) >= 11 is 0. The molecule has 0 aliphatic rings. The largest absolute Gasteiger partial charge is 0.462 e. The quantitative estimate of drug-likeness (QED) is 0.0344. The van der Waals surface area contributed by atoms with Crippen molar-refractivity contribution in [3.63, 3.8) is 0 Å². The molecule has 0 aromatic heterocycles. The monoisotopic (exact) mass is 919 g/mol. The molecule has 0 radical (unpaired) electrons. The van der Waals surface area contributed by atoms with E-state index in [0.29, 0.717) is 19.3 Å². The Morgan fingerprint density at radius 2 is 0.415 bits per heavy atom. The minimum absolute atomic E-state index is 0.0610. The number of unbranched alkanes of at least 4 members (excludes halogenated alkanes) is 44. The number of esters is 3. The summed E-state index contributed by atoms with van der Waals surface area (Å²) in [6.07, 6.45) is 61.0. The summed E-state index contributed by atoms with van der Waals surface area (Å²) < 4.78 is 16.9. The maximum atomic E-state index is 12.8. The molecule has 1 atom stereocenters.